The summed E-state index contributed by atoms with van der Waals surface area (Å²) in [6.07, 6.45) is 1.61. The van der Waals surface area contributed by atoms with Gasteiger partial charge in [0.2, 0.25) is 0 Å². The molecule has 0 unspecified atom stereocenters. The van der Waals surface area contributed by atoms with Crippen LogP contribution in [0.5, 0.6) is 11.5 Å². The fourth-order valence-corrected chi connectivity index (χ4v) is 1.33. The van der Waals surface area contributed by atoms with Gasteiger partial charge in [0.15, 0.2) is 0 Å². The summed E-state index contributed by atoms with van der Waals surface area (Å²) >= 11 is 0. The number of benzene rings is 1. The van der Waals surface area contributed by atoms with E-state index in [-0.39, 0.29) is 0 Å². The molecule has 1 aromatic heterocycles. The molecule has 0 aliphatic heterocycles. The van der Waals surface area contributed by atoms with Crippen molar-refractivity contribution in [3.8, 4) is 11.5 Å². The molecule has 0 amide bonds. The number of hydrogen-bond acceptors (Lipinski definition) is 4. The SMILES string of the molecule is COc1cc(OCc2ccco2)ccc1N. The summed E-state index contributed by atoms with van der Waals surface area (Å²) in [4.78, 5) is 0. The average Bonchev–Trinajstić information content (AvgIpc) is 2.81. The van der Waals surface area contributed by atoms with Crippen LogP contribution in [0.15, 0.2) is 41.0 Å². The molecular weight excluding hydrogens is 206 g/mol. The summed E-state index contributed by atoms with van der Waals surface area (Å²) in [5.41, 5.74) is 6.28. The molecule has 0 radical (unpaired) electrons. The maximum Gasteiger partial charge on any atom is 0.146 e. The molecule has 84 valence electrons. The van der Waals surface area contributed by atoms with Crippen LogP contribution in [0.4, 0.5) is 5.69 Å². The van der Waals surface area contributed by atoms with Gasteiger partial charge in [-0.2, -0.15) is 0 Å². The van der Waals surface area contributed by atoms with Gasteiger partial charge in [-0.15, -0.1) is 0 Å². The number of rotatable bonds is 4. The Morgan fingerprint density at radius 3 is 2.88 bits per heavy atom. The largest absolute Gasteiger partial charge is 0.494 e. The van der Waals surface area contributed by atoms with Crippen LogP contribution in [0.1, 0.15) is 5.76 Å². The Kier molecular flexibility index (Phi) is 3.00. The summed E-state index contributed by atoms with van der Waals surface area (Å²) in [5.74, 6) is 2.08. The zero-order valence-corrected chi connectivity index (χ0v) is 8.97. The molecule has 1 heterocycles. The molecule has 1 aromatic carbocycles. The van der Waals surface area contributed by atoms with Gasteiger partial charge in [0, 0.05) is 6.07 Å². The first-order chi connectivity index (χ1) is 7.79. The molecule has 4 nitrogen and oxygen atoms in total. The number of anilines is 1. The van der Waals surface area contributed by atoms with Crippen molar-refractivity contribution in [3.63, 3.8) is 0 Å². The van der Waals surface area contributed by atoms with Crippen LogP contribution in [-0.4, -0.2) is 7.11 Å². The van der Waals surface area contributed by atoms with Gasteiger partial charge in [0.25, 0.3) is 0 Å². The first-order valence-corrected chi connectivity index (χ1v) is 4.88. The molecule has 0 aliphatic rings. The Hall–Kier alpha value is -2.10. The van der Waals surface area contributed by atoms with Gasteiger partial charge < -0.3 is 19.6 Å². The standard InChI is InChI=1S/C12H13NO3/c1-14-12-7-9(4-5-11(12)13)16-8-10-3-2-6-15-10/h2-7H,8,13H2,1H3. The van der Waals surface area contributed by atoms with E-state index in [0.717, 1.165) is 5.76 Å². The van der Waals surface area contributed by atoms with E-state index in [9.17, 15) is 0 Å². The van der Waals surface area contributed by atoms with Gasteiger partial charge in [0.05, 0.1) is 19.1 Å². The van der Waals surface area contributed by atoms with Crippen molar-refractivity contribution in [1.82, 2.24) is 0 Å². The second kappa shape index (κ2) is 4.61. The van der Waals surface area contributed by atoms with Crippen LogP contribution in [0.3, 0.4) is 0 Å². The molecule has 2 aromatic rings. The molecule has 0 atom stereocenters. The highest BCUT2D eigenvalue weighted by Gasteiger charge is 2.03. The third-order valence-electron chi connectivity index (χ3n) is 2.17. The summed E-state index contributed by atoms with van der Waals surface area (Å²) in [6, 6.07) is 8.96. The summed E-state index contributed by atoms with van der Waals surface area (Å²) < 4.78 is 15.8. The van der Waals surface area contributed by atoms with E-state index in [0.29, 0.717) is 23.8 Å². The first kappa shape index (κ1) is 10.4. The predicted molar refractivity (Wildman–Crippen MR) is 60.4 cm³/mol. The van der Waals surface area contributed by atoms with Crippen molar-refractivity contribution in [2.75, 3.05) is 12.8 Å². The highest BCUT2D eigenvalue weighted by molar-refractivity contribution is 5.55. The van der Waals surface area contributed by atoms with E-state index < -0.39 is 0 Å². The molecule has 0 aliphatic carbocycles. The predicted octanol–water partition coefficient (Wildman–Crippen LogP) is 2.45. The third kappa shape index (κ3) is 2.28. The van der Waals surface area contributed by atoms with Crippen molar-refractivity contribution < 1.29 is 13.9 Å². The van der Waals surface area contributed by atoms with E-state index >= 15 is 0 Å². The van der Waals surface area contributed by atoms with Crippen molar-refractivity contribution >= 4 is 5.69 Å². The van der Waals surface area contributed by atoms with Crippen molar-refractivity contribution in [2.24, 2.45) is 0 Å². The van der Waals surface area contributed by atoms with Gasteiger partial charge in [-0.3, -0.25) is 0 Å². The maximum atomic E-state index is 5.69. The highest BCUT2D eigenvalue weighted by atomic mass is 16.5. The summed E-state index contributed by atoms with van der Waals surface area (Å²) in [6.45, 7) is 0.389. The molecule has 0 saturated carbocycles. The first-order valence-electron chi connectivity index (χ1n) is 4.88. The van der Waals surface area contributed by atoms with E-state index in [4.69, 9.17) is 19.6 Å². The minimum Gasteiger partial charge on any atom is -0.494 e. The molecule has 2 rings (SSSR count). The Morgan fingerprint density at radius 1 is 1.31 bits per heavy atom. The van der Waals surface area contributed by atoms with Crippen LogP contribution in [0, 0.1) is 0 Å². The van der Waals surface area contributed by atoms with Crippen LogP contribution >= 0.6 is 0 Å². The molecule has 16 heavy (non-hydrogen) atoms. The second-order valence-corrected chi connectivity index (χ2v) is 3.27. The van der Waals surface area contributed by atoms with Crippen molar-refractivity contribution in [2.45, 2.75) is 6.61 Å². The third-order valence-corrected chi connectivity index (χ3v) is 2.17. The maximum absolute atomic E-state index is 5.69. The number of nitrogens with two attached hydrogens (primary N) is 1. The Bertz CT molecular complexity index is 451. The molecule has 0 bridgehead atoms. The quantitative estimate of drug-likeness (QED) is 0.802. The Balaban J connectivity index is 2.04. The molecular formula is C12H13NO3. The lowest BCUT2D eigenvalue weighted by Crippen LogP contribution is -1.96. The number of methoxy groups -OCH3 is 1. The van der Waals surface area contributed by atoms with E-state index in [2.05, 4.69) is 0 Å². The normalized spacial score (nSPS) is 10.1. The van der Waals surface area contributed by atoms with Crippen LogP contribution < -0.4 is 15.2 Å². The summed E-state index contributed by atoms with van der Waals surface area (Å²) in [5, 5.41) is 0. The van der Waals surface area contributed by atoms with E-state index in [1.165, 1.54) is 0 Å². The van der Waals surface area contributed by atoms with Crippen LogP contribution in [0.25, 0.3) is 0 Å². The number of nitrogen functional groups attached to an aromatic ring is 1. The van der Waals surface area contributed by atoms with Crippen LogP contribution in [0.2, 0.25) is 0 Å². The smallest absolute Gasteiger partial charge is 0.146 e. The molecule has 2 N–H and O–H groups in total. The van der Waals surface area contributed by atoms with Gasteiger partial charge in [-0.05, 0) is 24.3 Å². The van der Waals surface area contributed by atoms with Gasteiger partial charge in [0.1, 0.15) is 23.9 Å². The minimum absolute atomic E-state index is 0.389. The van der Waals surface area contributed by atoms with Gasteiger partial charge in [-0.25, -0.2) is 0 Å². The number of ether oxygens (including phenoxy) is 2. The topological polar surface area (TPSA) is 57.6 Å². The van der Waals surface area contributed by atoms with E-state index in [1.807, 2.05) is 12.1 Å². The van der Waals surface area contributed by atoms with Crippen molar-refractivity contribution in [1.29, 1.82) is 0 Å². The van der Waals surface area contributed by atoms with Gasteiger partial charge >= 0.3 is 0 Å². The second-order valence-electron chi connectivity index (χ2n) is 3.27. The average molecular weight is 219 g/mol. The van der Waals surface area contributed by atoms with Gasteiger partial charge in [-0.1, -0.05) is 0 Å². The number of hydrogen-bond donors (Lipinski definition) is 1. The fraction of sp³-hybridized carbons (Fsp3) is 0.167. The molecule has 0 spiro atoms. The summed E-state index contributed by atoms with van der Waals surface area (Å²) in [7, 11) is 1.57. The zero-order valence-electron chi connectivity index (χ0n) is 8.97. The minimum atomic E-state index is 0.389. The lowest BCUT2D eigenvalue weighted by molar-refractivity contribution is 0.269. The Labute approximate surface area is 93.6 Å². The van der Waals surface area contributed by atoms with E-state index in [1.54, 1.807) is 31.6 Å². The number of furan rings is 1. The molecule has 4 heteroatoms. The lowest BCUT2D eigenvalue weighted by Gasteiger charge is -2.08. The Morgan fingerprint density at radius 2 is 2.19 bits per heavy atom. The van der Waals surface area contributed by atoms with Crippen LogP contribution in [-0.2, 0) is 6.61 Å². The zero-order chi connectivity index (χ0) is 11.4. The fourth-order valence-electron chi connectivity index (χ4n) is 1.33. The molecule has 0 fully saturated rings. The molecule has 0 saturated heterocycles. The monoisotopic (exact) mass is 219 g/mol. The van der Waals surface area contributed by atoms with Crippen molar-refractivity contribution in [3.05, 3.63) is 42.4 Å². The lowest BCUT2D eigenvalue weighted by atomic mass is 10.3. The highest BCUT2D eigenvalue weighted by Crippen LogP contribution is 2.26.